The van der Waals surface area contributed by atoms with Crippen LogP contribution >= 0.6 is 11.6 Å². The molecule has 11 heteroatoms. The van der Waals surface area contributed by atoms with E-state index >= 15 is 4.39 Å². The van der Waals surface area contributed by atoms with Gasteiger partial charge in [-0.2, -0.15) is 10.6 Å². The fraction of sp³-hybridized carbons (Fsp3) is 0.276. The van der Waals surface area contributed by atoms with Crippen molar-refractivity contribution in [3.8, 4) is 11.3 Å². The molecule has 5 rings (SSSR count). The smallest absolute Gasteiger partial charge is 0.251 e. The Hall–Kier alpha value is -3.63. The summed E-state index contributed by atoms with van der Waals surface area (Å²) in [5, 5.41) is 3.68. The van der Waals surface area contributed by atoms with Gasteiger partial charge in [0, 0.05) is 58.3 Å². The molecule has 0 saturated carbocycles. The van der Waals surface area contributed by atoms with Crippen LogP contribution in [0.1, 0.15) is 36.3 Å². The quantitative estimate of drug-likeness (QED) is 0.246. The van der Waals surface area contributed by atoms with Crippen molar-refractivity contribution in [3.63, 3.8) is 0 Å². The highest BCUT2D eigenvalue weighted by molar-refractivity contribution is 7.73. The molecule has 0 spiro atoms. The second-order valence-corrected chi connectivity index (χ2v) is 11.8. The van der Waals surface area contributed by atoms with Gasteiger partial charge in [-0.25, -0.2) is 13.8 Å². The Labute approximate surface area is 237 Å². The van der Waals surface area contributed by atoms with Crippen LogP contribution in [-0.4, -0.2) is 29.0 Å². The first-order valence-electron chi connectivity index (χ1n) is 12.8. The predicted molar refractivity (Wildman–Crippen MR) is 152 cm³/mol. The molecule has 1 aliphatic heterocycles. The largest absolute Gasteiger partial charge is 0.440 e. The van der Waals surface area contributed by atoms with Crippen molar-refractivity contribution in [1.29, 1.82) is 4.78 Å². The minimum atomic E-state index is -2.05. The van der Waals surface area contributed by atoms with Crippen LogP contribution in [0, 0.1) is 28.2 Å². The number of halogens is 3. The summed E-state index contributed by atoms with van der Waals surface area (Å²) in [7, 11) is -2.05. The number of fused-ring (bicyclic) bond motifs is 1. The third-order valence-electron chi connectivity index (χ3n) is 6.92. The molecule has 2 aromatic carbocycles. The van der Waals surface area contributed by atoms with Crippen LogP contribution in [0.5, 0.6) is 0 Å². The zero-order valence-electron chi connectivity index (χ0n) is 21.9. The summed E-state index contributed by atoms with van der Waals surface area (Å²) in [6.45, 7) is 5.83. The Morgan fingerprint density at radius 2 is 1.88 bits per heavy atom. The van der Waals surface area contributed by atoms with Gasteiger partial charge >= 0.3 is 0 Å². The number of nitrogens with zero attached hydrogens (tertiary/aromatic N) is 3. The van der Waals surface area contributed by atoms with Crippen LogP contribution in [0.15, 0.2) is 59.6 Å². The number of nitrogens with one attached hydrogen (secondary N) is 2. The third-order valence-corrected chi connectivity index (χ3v) is 7.80. The maximum Gasteiger partial charge on any atom is 0.251 e. The molecule has 1 aliphatic rings. The van der Waals surface area contributed by atoms with Gasteiger partial charge in [0.2, 0.25) is 0 Å². The van der Waals surface area contributed by atoms with Crippen LogP contribution in [-0.2, 0) is 21.3 Å². The standard InChI is InChI=1S/C29H27ClF2N5O2S/c1-16-5-17(2)15-37(14-16)27-10-21(31)9-26(36-27)24-4-3-18-12-34-22(11-25(18)28(24)32)13-35-29(38)19-6-20(30)8-23(7-19)40(33)39/h3-4,6-12,16-17,33H,5,13-15H2,1-2H3,(H,35,38)/q-1/t16-,17+. The number of carbonyl (C=O) groups excluding carboxylic acids is 1. The zero-order chi connectivity index (χ0) is 28.6. The van der Waals surface area contributed by atoms with Gasteiger partial charge in [-0.15, -0.1) is 0 Å². The van der Waals surface area contributed by atoms with Gasteiger partial charge in [-0.1, -0.05) is 48.5 Å². The van der Waals surface area contributed by atoms with E-state index in [0.717, 1.165) is 19.5 Å². The fourth-order valence-electron chi connectivity index (χ4n) is 5.23. The number of carbonyl (C=O) groups is 1. The second-order valence-electron chi connectivity index (χ2n) is 10.3. The van der Waals surface area contributed by atoms with Crippen LogP contribution in [0.2, 0.25) is 5.02 Å². The third kappa shape index (κ3) is 6.08. The van der Waals surface area contributed by atoms with Crippen molar-refractivity contribution in [3.05, 3.63) is 82.6 Å². The Kier molecular flexibility index (Phi) is 8.00. The molecule has 1 fully saturated rings. The maximum atomic E-state index is 15.8. The first kappa shape index (κ1) is 27.9. The number of anilines is 1. The van der Waals surface area contributed by atoms with Gasteiger partial charge in [0.1, 0.15) is 17.5 Å². The number of hydrogen-bond donors (Lipinski definition) is 2. The van der Waals surface area contributed by atoms with Crippen LogP contribution in [0.3, 0.4) is 0 Å². The molecule has 0 radical (unpaired) electrons. The molecule has 0 bridgehead atoms. The van der Waals surface area contributed by atoms with Gasteiger partial charge in [0.15, 0.2) is 0 Å². The first-order valence-corrected chi connectivity index (χ1v) is 14.3. The topological polar surface area (TPSA) is 99.0 Å². The molecule has 1 amide bonds. The summed E-state index contributed by atoms with van der Waals surface area (Å²) in [5.41, 5.74) is 0.910. The minimum absolute atomic E-state index is 0.0159. The minimum Gasteiger partial charge on any atom is -0.440 e. The fourth-order valence-corrected chi connectivity index (χ4v) is 5.99. The highest BCUT2D eigenvalue weighted by Crippen LogP contribution is 2.32. The van der Waals surface area contributed by atoms with E-state index in [0.29, 0.717) is 28.7 Å². The molecule has 2 N–H and O–H groups in total. The monoisotopic (exact) mass is 582 g/mol. The van der Waals surface area contributed by atoms with Crippen molar-refractivity contribution in [2.75, 3.05) is 18.0 Å². The van der Waals surface area contributed by atoms with Crippen LogP contribution in [0.25, 0.3) is 22.0 Å². The molecule has 40 heavy (non-hydrogen) atoms. The SMILES string of the molecule is C[C@@H]1C[C@H](C)CN(c2cc(F)cc(-c3ccc4cnc(CNC(=O)c5cc(Cl)cc([S-](=N)=O)c5)cc4c3F)n2)C1. The number of rotatable bonds is 6. The van der Waals surface area contributed by atoms with Crippen molar-refractivity contribution < 1.29 is 17.8 Å². The average molecular weight is 583 g/mol. The van der Waals surface area contributed by atoms with E-state index in [1.54, 1.807) is 12.1 Å². The number of hydrogen-bond acceptors (Lipinski definition) is 7. The highest BCUT2D eigenvalue weighted by Gasteiger charge is 2.24. The Morgan fingerprint density at radius 3 is 2.60 bits per heavy atom. The molecule has 1 saturated heterocycles. The molecule has 0 unspecified atom stereocenters. The molecule has 2 atom stereocenters. The van der Waals surface area contributed by atoms with Gasteiger partial charge in [0.05, 0.1) is 17.9 Å². The highest BCUT2D eigenvalue weighted by atomic mass is 35.5. The van der Waals surface area contributed by atoms with E-state index in [2.05, 4.69) is 34.0 Å². The summed E-state index contributed by atoms with van der Waals surface area (Å²) in [6.07, 6.45) is 2.60. The van der Waals surface area contributed by atoms with Gasteiger partial charge < -0.3 is 19.2 Å². The Bertz CT molecular complexity index is 1680. The van der Waals surface area contributed by atoms with E-state index in [1.807, 2.05) is 0 Å². The van der Waals surface area contributed by atoms with Crippen molar-refractivity contribution in [2.24, 2.45) is 11.8 Å². The molecule has 0 aliphatic carbocycles. The Balaban J connectivity index is 1.41. The zero-order valence-corrected chi connectivity index (χ0v) is 23.5. The summed E-state index contributed by atoms with van der Waals surface area (Å²) < 4.78 is 49.4. The van der Waals surface area contributed by atoms with E-state index in [9.17, 15) is 13.4 Å². The molecule has 3 heterocycles. The first-order chi connectivity index (χ1) is 19.1. The molecule has 208 valence electrons. The summed E-state index contributed by atoms with van der Waals surface area (Å²) >= 11 is 6.00. The van der Waals surface area contributed by atoms with Gasteiger partial charge in [-0.05, 0) is 36.5 Å². The molecule has 2 aromatic heterocycles. The van der Waals surface area contributed by atoms with Gasteiger partial charge in [-0.3, -0.25) is 9.78 Å². The number of benzene rings is 2. The van der Waals surface area contributed by atoms with E-state index in [1.165, 1.54) is 42.6 Å². The molecular formula is C29H27ClF2N5O2S-. The summed E-state index contributed by atoms with van der Waals surface area (Å²) in [4.78, 5) is 23.8. The van der Waals surface area contributed by atoms with Crippen molar-refractivity contribution in [1.82, 2.24) is 15.3 Å². The Morgan fingerprint density at radius 1 is 1.12 bits per heavy atom. The summed E-state index contributed by atoms with van der Waals surface area (Å²) in [5.74, 6) is -0.170. The van der Waals surface area contributed by atoms with Crippen molar-refractivity contribution in [2.45, 2.75) is 31.7 Å². The number of pyridine rings is 2. The van der Waals surface area contributed by atoms with E-state index in [-0.39, 0.29) is 38.7 Å². The lowest BCUT2D eigenvalue weighted by molar-refractivity contribution is 0.0950. The van der Waals surface area contributed by atoms with Gasteiger partial charge in [0.25, 0.3) is 5.91 Å². The maximum absolute atomic E-state index is 15.8. The lowest BCUT2D eigenvalue weighted by Crippen LogP contribution is -2.39. The molecular weight excluding hydrogens is 556 g/mol. The number of amides is 1. The number of aromatic nitrogens is 2. The average Bonchev–Trinajstić information content (AvgIpc) is 2.90. The lowest BCUT2D eigenvalue weighted by Gasteiger charge is -2.36. The lowest BCUT2D eigenvalue weighted by atomic mass is 9.92. The predicted octanol–water partition coefficient (Wildman–Crippen LogP) is 6.73. The molecule has 4 aromatic rings. The number of piperidine rings is 1. The van der Waals surface area contributed by atoms with Crippen molar-refractivity contribution >= 4 is 44.7 Å². The normalized spacial score (nSPS) is 17.4. The summed E-state index contributed by atoms with van der Waals surface area (Å²) in [6, 6.07) is 11.5. The van der Waals surface area contributed by atoms with E-state index < -0.39 is 28.1 Å². The molecule has 7 nitrogen and oxygen atoms in total. The second kappa shape index (κ2) is 11.5. The van der Waals surface area contributed by atoms with Crippen LogP contribution in [0.4, 0.5) is 14.6 Å². The van der Waals surface area contributed by atoms with E-state index in [4.69, 9.17) is 16.4 Å². The van der Waals surface area contributed by atoms with Crippen LogP contribution < -0.4 is 10.2 Å².